The lowest BCUT2D eigenvalue weighted by Gasteiger charge is -2.16. The first-order valence-corrected chi connectivity index (χ1v) is 6.95. The molecule has 2 rings (SSSR count). The fourth-order valence-corrected chi connectivity index (χ4v) is 2.67. The van der Waals surface area contributed by atoms with Crippen molar-refractivity contribution in [2.75, 3.05) is 20.2 Å². The number of methoxy groups -OCH3 is 1. The van der Waals surface area contributed by atoms with Crippen molar-refractivity contribution in [3.05, 3.63) is 34.3 Å². The smallest absolute Gasteiger partial charge is 0.310 e. The molecule has 1 heterocycles. The minimum absolute atomic E-state index is 0.0666. The summed E-state index contributed by atoms with van der Waals surface area (Å²) in [6.45, 7) is 4.81. The van der Waals surface area contributed by atoms with Crippen LogP contribution in [0.5, 0.6) is 0 Å². The van der Waals surface area contributed by atoms with Crippen molar-refractivity contribution in [2.45, 2.75) is 13.8 Å². The Hall–Kier alpha value is -1.55. The zero-order chi connectivity index (χ0) is 14.9. The molecule has 2 unspecified atom stereocenters. The van der Waals surface area contributed by atoms with E-state index in [0.717, 1.165) is 5.56 Å². The molecule has 4 nitrogen and oxygen atoms in total. The van der Waals surface area contributed by atoms with Crippen LogP contribution in [0.4, 0.5) is 0 Å². The highest BCUT2D eigenvalue weighted by Gasteiger charge is 2.37. The predicted molar refractivity (Wildman–Crippen MR) is 76.8 cm³/mol. The number of hydrogen-bond donors (Lipinski definition) is 0. The third kappa shape index (κ3) is 2.80. The van der Waals surface area contributed by atoms with Crippen molar-refractivity contribution in [3.63, 3.8) is 0 Å². The van der Waals surface area contributed by atoms with E-state index in [1.165, 1.54) is 7.11 Å². The molecular formula is C15H18ClNO3. The number of ether oxygens (including phenoxy) is 1. The number of likely N-dealkylation sites (tertiary alicyclic amines) is 1. The standard InChI is InChI=1S/C15H18ClNO3/c1-9-6-11(4-5-13(9)16)14(18)17-7-10(2)12(8-17)15(19)20-3/h4-6,10,12H,7-8H2,1-3H3. The Bertz CT molecular complexity index is 544. The van der Waals surface area contributed by atoms with Gasteiger partial charge in [0.25, 0.3) is 5.91 Å². The molecule has 1 aliphatic heterocycles. The number of benzene rings is 1. The lowest BCUT2D eigenvalue weighted by molar-refractivity contribution is -0.146. The molecule has 1 fully saturated rings. The summed E-state index contributed by atoms with van der Waals surface area (Å²) in [6, 6.07) is 5.22. The maximum absolute atomic E-state index is 12.4. The lowest BCUT2D eigenvalue weighted by Crippen LogP contribution is -2.30. The van der Waals surface area contributed by atoms with Crippen LogP contribution >= 0.6 is 11.6 Å². The Morgan fingerprint density at radius 2 is 2.05 bits per heavy atom. The lowest BCUT2D eigenvalue weighted by atomic mass is 9.99. The normalized spacial score (nSPS) is 21.9. The van der Waals surface area contributed by atoms with Crippen LogP contribution in [0.3, 0.4) is 0 Å². The Balaban J connectivity index is 2.14. The second kappa shape index (κ2) is 5.83. The van der Waals surface area contributed by atoms with Crippen LogP contribution in [0.2, 0.25) is 5.02 Å². The molecule has 0 spiro atoms. The molecule has 0 saturated carbocycles. The van der Waals surface area contributed by atoms with Gasteiger partial charge in [-0.15, -0.1) is 0 Å². The van der Waals surface area contributed by atoms with E-state index in [4.69, 9.17) is 16.3 Å². The topological polar surface area (TPSA) is 46.6 Å². The van der Waals surface area contributed by atoms with Gasteiger partial charge in [0, 0.05) is 23.7 Å². The fourth-order valence-electron chi connectivity index (χ4n) is 2.55. The van der Waals surface area contributed by atoms with Gasteiger partial charge in [0.2, 0.25) is 0 Å². The van der Waals surface area contributed by atoms with E-state index in [2.05, 4.69) is 0 Å². The summed E-state index contributed by atoms with van der Waals surface area (Å²) in [5.41, 5.74) is 1.47. The molecule has 20 heavy (non-hydrogen) atoms. The van der Waals surface area contributed by atoms with Gasteiger partial charge in [0.15, 0.2) is 0 Å². The van der Waals surface area contributed by atoms with Crippen LogP contribution in [-0.2, 0) is 9.53 Å². The van der Waals surface area contributed by atoms with Crippen LogP contribution < -0.4 is 0 Å². The number of halogens is 1. The highest BCUT2D eigenvalue weighted by Crippen LogP contribution is 2.26. The Morgan fingerprint density at radius 3 is 2.65 bits per heavy atom. The third-order valence-electron chi connectivity index (χ3n) is 3.81. The Morgan fingerprint density at radius 1 is 1.35 bits per heavy atom. The summed E-state index contributed by atoms with van der Waals surface area (Å²) in [7, 11) is 1.38. The van der Waals surface area contributed by atoms with E-state index in [0.29, 0.717) is 23.7 Å². The number of amides is 1. The maximum atomic E-state index is 12.4. The van der Waals surface area contributed by atoms with Crippen molar-refractivity contribution in [3.8, 4) is 0 Å². The van der Waals surface area contributed by atoms with E-state index in [1.807, 2.05) is 13.8 Å². The molecule has 0 bridgehead atoms. The molecule has 108 valence electrons. The van der Waals surface area contributed by atoms with E-state index in [1.54, 1.807) is 23.1 Å². The van der Waals surface area contributed by atoms with Crippen molar-refractivity contribution in [1.82, 2.24) is 4.90 Å². The minimum atomic E-state index is -0.250. The monoisotopic (exact) mass is 295 g/mol. The van der Waals surface area contributed by atoms with Crippen LogP contribution in [0, 0.1) is 18.8 Å². The zero-order valence-electron chi connectivity index (χ0n) is 11.9. The highest BCUT2D eigenvalue weighted by atomic mass is 35.5. The van der Waals surface area contributed by atoms with Gasteiger partial charge in [0.05, 0.1) is 13.0 Å². The van der Waals surface area contributed by atoms with Gasteiger partial charge >= 0.3 is 5.97 Å². The first-order valence-electron chi connectivity index (χ1n) is 6.57. The van der Waals surface area contributed by atoms with Crippen molar-refractivity contribution < 1.29 is 14.3 Å². The number of nitrogens with zero attached hydrogens (tertiary/aromatic N) is 1. The van der Waals surface area contributed by atoms with Gasteiger partial charge in [-0.25, -0.2) is 0 Å². The fraction of sp³-hybridized carbons (Fsp3) is 0.467. The second-order valence-corrected chi connectivity index (χ2v) is 5.69. The summed E-state index contributed by atoms with van der Waals surface area (Å²) in [5, 5.41) is 0.642. The van der Waals surface area contributed by atoms with Crippen LogP contribution in [0.1, 0.15) is 22.8 Å². The molecule has 1 aromatic rings. The largest absolute Gasteiger partial charge is 0.469 e. The van der Waals surface area contributed by atoms with Crippen molar-refractivity contribution >= 4 is 23.5 Å². The first kappa shape index (κ1) is 14.9. The molecule has 1 aromatic carbocycles. The summed E-state index contributed by atoms with van der Waals surface area (Å²) in [4.78, 5) is 25.8. The van der Waals surface area contributed by atoms with E-state index in [9.17, 15) is 9.59 Å². The Kier molecular flexibility index (Phi) is 4.33. The number of rotatable bonds is 2. The number of aryl methyl sites for hydroxylation is 1. The van der Waals surface area contributed by atoms with Gasteiger partial charge in [0.1, 0.15) is 0 Å². The summed E-state index contributed by atoms with van der Waals surface area (Å²) >= 11 is 5.97. The van der Waals surface area contributed by atoms with Crippen LogP contribution in [0.25, 0.3) is 0 Å². The summed E-state index contributed by atoms with van der Waals surface area (Å²) in [6.07, 6.45) is 0. The molecule has 0 N–H and O–H groups in total. The number of carbonyl (C=O) groups is 2. The molecule has 0 aliphatic carbocycles. The highest BCUT2D eigenvalue weighted by molar-refractivity contribution is 6.31. The first-order chi connectivity index (χ1) is 9.43. The molecule has 1 aliphatic rings. The molecule has 0 aromatic heterocycles. The van der Waals surface area contributed by atoms with E-state index < -0.39 is 0 Å². The van der Waals surface area contributed by atoms with E-state index >= 15 is 0 Å². The number of carbonyl (C=O) groups excluding carboxylic acids is 2. The predicted octanol–water partition coefficient (Wildman–Crippen LogP) is 2.53. The Labute approximate surface area is 123 Å². The van der Waals surface area contributed by atoms with Crippen LogP contribution in [0.15, 0.2) is 18.2 Å². The van der Waals surface area contributed by atoms with Gasteiger partial charge in [-0.3, -0.25) is 9.59 Å². The summed E-state index contributed by atoms with van der Waals surface area (Å²) < 4.78 is 4.78. The second-order valence-electron chi connectivity index (χ2n) is 5.28. The zero-order valence-corrected chi connectivity index (χ0v) is 12.6. The molecular weight excluding hydrogens is 278 g/mol. The SMILES string of the molecule is COC(=O)C1CN(C(=O)c2ccc(Cl)c(C)c2)CC1C. The van der Waals surface area contributed by atoms with Gasteiger partial charge < -0.3 is 9.64 Å². The van der Waals surface area contributed by atoms with Gasteiger partial charge in [-0.2, -0.15) is 0 Å². The molecule has 2 atom stereocenters. The molecule has 1 amide bonds. The quantitative estimate of drug-likeness (QED) is 0.788. The minimum Gasteiger partial charge on any atom is -0.469 e. The van der Waals surface area contributed by atoms with Gasteiger partial charge in [-0.05, 0) is 36.6 Å². The van der Waals surface area contributed by atoms with E-state index in [-0.39, 0.29) is 23.7 Å². The number of hydrogen-bond acceptors (Lipinski definition) is 3. The third-order valence-corrected chi connectivity index (χ3v) is 4.23. The summed E-state index contributed by atoms with van der Waals surface area (Å²) in [5.74, 6) is -0.444. The van der Waals surface area contributed by atoms with Crippen LogP contribution in [-0.4, -0.2) is 37.0 Å². The van der Waals surface area contributed by atoms with Gasteiger partial charge in [-0.1, -0.05) is 18.5 Å². The number of esters is 1. The average Bonchev–Trinajstić information content (AvgIpc) is 2.82. The van der Waals surface area contributed by atoms with Crippen molar-refractivity contribution in [2.24, 2.45) is 11.8 Å². The maximum Gasteiger partial charge on any atom is 0.310 e. The van der Waals surface area contributed by atoms with Crippen molar-refractivity contribution in [1.29, 1.82) is 0 Å². The molecule has 5 heteroatoms. The molecule has 1 saturated heterocycles. The average molecular weight is 296 g/mol. The molecule has 0 radical (unpaired) electrons.